The molecular formula is C11H11NO6. The number of ether oxygens (including phenoxy) is 2. The topological polar surface area (TPSA) is 106 Å². The maximum absolute atomic E-state index is 10.8. The Bertz CT molecular complexity index is 437. The summed E-state index contributed by atoms with van der Waals surface area (Å²) in [5.41, 5.74) is 0.600. The van der Waals surface area contributed by atoms with Crippen LogP contribution in [0.25, 0.3) is 0 Å². The molecule has 2 N–H and O–H groups in total. The molecule has 0 saturated carbocycles. The first-order chi connectivity index (χ1) is 8.59. The minimum Gasteiger partial charge on any atom is -0.480 e. The normalized spacial score (nSPS) is 16.1. The van der Waals surface area contributed by atoms with Gasteiger partial charge in [-0.1, -0.05) is 6.07 Å². The predicted octanol–water partition coefficient (Wildman–Crippen LogP) is 0.380. The van der Waals surface area contributed by atoms with Crippen LogP contribution in [0.15, 0.2) is 18.3 Å². The Morgan fingerprint density at radius 2 is 1.83 bits per heavy atom. The molecule has 7 heteroatoms. The molecule has 18 heavy (non-hydrogen) atoms. The highest BCUT2D eigenvalue weighted by atomic mass is 16.7. The minimum atomic E-state index is -1.61. The second-order valence-electron chi connectivity index (χ2n) is 3.70. The van der Waals surface area contributed by atoms with Crippen LogP contribution >= 0.6 is 0 Å². The summed E-state index contributed by atoms with van der Waals surface area (Å²) in [6.45, 7) is 0.946. The first-order valence-electron chi connectivity index (χ1n) is 5.24. The fourth-order valence-corrected chi connectivity index (χ4v) is 1.65. The van der Waals surface area contributed by atoms with Gasteiger partial charge in [-0.2, -0.15) is 0 Å². The molecule has 96 valence electrons. The summed E-state index contributed by atoms with van der Waals surface area (Å²) in [5, 5.41) is 17.6. The first kappa shape index (κ1) is 12.5. The highest BCUT2D eigenvalue weighted by Gasteiger charge is 2.28. The summed E-state index contributed by atoms with van der Waals surface area (Å²) < 4.78 is 10.4. The molecule has 2 heterocycles. The van der Waals surface area contributed by atoms with E-state index in [0.717, 1.165) is 0 Å². The zero-order valence-corrected chi connectivity index (χ0v) is 9.28. The van der Waals surface area contributed by atoms with E-state index in [1.807, 2.05) is 0 Å². The minimum absolute atomic E-state index is 0.108. The van der Waals surface area contributed by atoms with Crippen LogP contribution in [0, 0.1) is 0 Å². The van der Waals surface area contributed by atoms with E-state index in [-0.39, 0.29) is 5.56 Å². The van der Waals surface area contributed by atoms with Crippen LogP contribution in [0.1, 0.15) is 23.5 Å². The monoisotopic (exact) mass is 253 g/mol. The summed E-state index contributed by atoms with van der Waals surface area (Å²) >= 11 is 0. The zero-order chi connectivity index (χ0) is 13.1. The molecule has 1 aromatic rings. The van der Waals surface area contributed by atoms with Crippen LogP contribution in [0.5, 0.6) is 0 Å². The first-order valence-corrected chi connectivity index (χ1v) is 5.24. The maximum Gasteiger partial charge on any atom is 0.322 e. The molecule has 0 atom stereocenters. The van der Waals surface area contributed by atoms with E-state index in [4.69, 9.17) is 19.7 Å². The lowest BCUT2D eigenvalue weighted by atomic mass is 10.0. The highest BCUT2D eigenvalue weighted by Crippen LogP contribution is 2.23. The Hall–Kier alpha value is -1.99. The number of carbonyl (C=O) groups is 2. The molecule has 7 nitrogen and oxygen atoms in total. The van der Waals surface area contributed by atoms with Crippen molar-refractivity contribution in [2.75, 3.05) is 13.2 Å². The van der Waals surface area contributed by atoms with Gasteiger partial charge in [0.25, 0.3) is 0 Å². The van der Waals surface area contributed by atoms with Gasteiger partial charge in [0, 0.05) is 6.20 Å². The second-order valence-corrected chi connectivity index (χ2v) is 3.70. The number of aromatic nitrogens is 1. The Morgan fingerprint density at radius 1 is 1.22 bits per heavy atom. The molecule has 0 radical (unpaired) electrons. The van der Waals surface area contributed by atoms with Crippen LogP contribution in [0.4, 0.5) is 0 Å². The van der Waals surface area contributed by atoms with E-state index in [1.165, 1.54) is 18.3 Å². The number of pyridine rings is 1. The summed E-state index contributed by atoms with van der Waals surface area (Å²) in [5.74, 6) is -4.47. The van der Waals surface area contributed by atoms with Gasteiger partial charge in [0.1, 0.15) is 0 Å². The lowest BCUT2D eigenvalue weighted by molar-refractivity contribution is -0.150. The number of hydrogen-bond acceptors (Lipinski definition) is 5. The molecule has 0 bridgehead atoms. The number of hydrogen-bond donors (Lipinski definition) is 2. The Morgan fingerprint density at radius 3 is 2.28 bits per heavy atom. The molecule has 0 unspecified atom stereocenters. The van der Waals surface area contributed by atoms with E-state index in [1.54, 1.807) is 0 Å². The number of carboxylic acid groups (broad SMARTS) is 2. The standard InChI is InChI=1S/C11H11NO6/c13-9(14)8(10(15)16)6-1-2-7(12-5-6)11-17-3-4-18-11/h1-2,5,8,11H,3-4H2,(H,13,14)(H,15,16). The Labute approximate surface area is 102 Å². The molecule has 1 saturated heterocycles. The second kappa shape index (κ2) is 5.11. The summed E-state index contributed by atoms with van der Waals surface area (Å²) in [4.78, 5) is 25.6. The molecule has 1 aliphatic rings. The van der Waals surface area contributed by atoms with E-state index >= 15 is 0 Å². The SMILES string of the molecule is O=C(O)C(C(=O)O)c1ccc(C2OCCO2)nc1. The lowest BCUT2D eigenvalue weighted by Crippen LogP contribution is -2.21. The van der Waals surface area contributed by atoms with Crippen LogP contribution in [-0.2, 0) is 19.1 Å². The van der Waals surface area contributed by atoms with Crippen molar-refractivity contribution in [3.63, 3.8) is 0 Å². The van der Waals surface area contributed by atoms with Crippen LogP contribution in [-0.4, -0.2) is 40.3 Å². The molecule has 1 aliphatic heterocycles. The lowest BCUT2D eigenvalue weighted by Gasteiger charge is -2.10. The van der Waals surface area contributed by atoms with Gasteiger partial charge in [0.05, 0.1) is 18.9 Å². The van der Waals surface area contributed by atoms with Gasteiger partial charge in [0.2, 0.25) is 6.29 Å². The van der Waals surface area contributed by atoms with Crippen molar-refractivity contribution in [3.8, 4) is 0 Å². The van der Waals surface area contributed by atoms with Crippen molar-refractivity contribution in [1.82, 2.24) is 4.98 Å². The fraction of sp³-hybridized carbons (Fsp3) is 0.364. The number of rotatable bonds is 4. The van der Waals surface area contributed by atoms with Gasteiger partial charge >= 0.3 is 11.9 Å². The van der Waals surface area contributed by atoms with Gasteiger partial charge in [-0.25, -0.2) is 0 Å². The van der Waals surface area contributed by atoms with Crippen LogP contribution < -0.4 is 0 Å². The van der Waals surface area contributed by atoms with Gasteiger partial charge in [0.15, 0.2) is 5.92 Å². The van der Waals surface area contributed by atoms with Crippen molar-refractivity contribution in [1.29, 1.82) is 0 Å². The molecule has 0 aromatic carbocycles. The molecule has 2 rings (SSSR count). The van der Waals surface area contributed by atoms with Gasteiger partial charge in [-0.15, -0.1) is 0 Å². The molecule has 0 amide bonds. The van der Waals surface area contributed by atoms with E-state index in [0.29, 0.717) is 18.9 Å². The quantitative estimate of drug-likeness (QED) is 0.747. The third-order valence-corrected chi connectivity index (χ3v) is 2.50. The van der Waals surface area contributed by atoms with Gasteiger partial charge in [-0.3, -0.25) is 14.6 Å². The van der Waals surface area contributed by atoms with E-state index in [9.17, 15) is 9.59 Å². The predicted molar refractivity (Wildman–Crippen MR) is 56.9 cm³/mol. The number of aliphatic carboxylic acids is 2. The van der Waals surface area contributed by atoms with Crippen LogP contribution in [0.3, 0.4) is 0 Å². The third-order valence-electron chi connectivity index (χ3n) is 2.50. The van der Waals surface area contributed by atoms with Crippen molar-refractivity contribution in [2.45, 2.75) is 12.2 Å². The Kier molecular flexibility index (Phi) is 3.54. The summed E-state index contributed by atoms with van der Waals surface area (Å²) in [7, 11) is 0. The van der Waals surface area contributed by atoms with E-state index < -0.39 is 24.1 Å². The average Bonchev–Trinajstić information content (AvgIpc) is 2.82. The smallest absolute Gasteiger partial charge is 0.322 e. The Balaban J connectivity index is 2.20. The van der Waals surface area contributed by atoms with Gasteiger partial charge in [-0.05, 0) is 11.6 Å². The van der Waals surface area contributed by atoms with Gasteiger partial charge < -0.3 is 19.7 Å². The third kappa shape index (κ3) is 2.47. The van der Waals surface area contributed by atoms with E-state index in [2.05, 4.69) is 4.98 Å². The van der Waals surface area contributed by atoms with Crippen molar-refractivity contribution >= 4 is 11.9 Å². The molecule has 0 aliphatic carbocycles. The fourth-order valence-electron chi connectivity index (χ4n) is 1.65. The summed E-state index contributed by atoms with van der Waals surface area (Å²) in [6, 6.07) is 2.91. The molecule has 1 fully saturated rings. The maximum atomic E-state index is 10.8. The van der Waals surface area contributed by atoms with Crippen molar-refractivity contribution in [3.05, 3.63) is 29.6 Å². The number of nitrogens with zero attached hydrogens (tertiary/aromatic N) is 1. The molecular weight excluding hydrogens is 242 g/mol. The summed E-state index contributed by atoms with van der Waals surface area (Å²) in [6.07, 6.45) is 0.653. The average molecular weight is 253 g/mol. The molecule has 1 aromatic heterocycles. The molecule has 0 spiro atoms. The largest absolute Gasteiger partial charge is 0.480 e. The highest BCUT2D eigenvalue weighted by molar-refractivity contribution is 5.98. The van der Waals surface area contributed by atoms with Crippen molar-refractivity contribution in [2.24, 2.45) is 0 Å². The van der Waals surface area contributed by atoms with Crippen molar-refractivity contribution < 1.29 is 29.3 Å². The van der Waals surface area contributed by atoms with Crippen LogP contribution in [0.2, 0.25) is 0 Å². The zero-order valence-electron chi connectivity index (χ0n) is 9.28. The number of carboxylic acids is 2.